The number of halogens is 4. The molecule has 0 bridgehead atoms. The van der Waals surface area contributed by atoms with Gasteiger partial charge in [0.05, 0.1) is 27.8 Å². The quantitative estimate of drug-likeness (QED) is 0.332. The van der Waals surface area contributed by atoms with Gasteiger partial charge >= 0.3 is 6.09 Å². The van der Waals surface area contributed by atoms with E-state index in [0.29, 0.717) is 31.4 Å². The van der Waals surface area contributed by atoms with Crippen molar-refractivity contribution in [2.75, 3.05) is 18.4 Å². The average Bonchev–Trinajstić information content (AvgIpc) is 3.17. The van der Waals surface area contributed by atoms with Crippen LogP contribution in [-0.2, 0) is 4.74 Å². The molecule has 1 aromatic carbocycles. The fourth-order valence-corrected chi connectivity index (χ4v) is 5.13. The first kappa shape index (κ1) is 28.1. The largest absolute Gasteiger partial charge is 0.444 e. The predicted molar refractivity (Wildman–Crippen MR) is 142 cm³/mol. The minimum absolute atomic E-state index is 0.000521. The van der Waals surface area contributed by atoms with Gasteiger partial charge in [0.15, 0.2) is 0 Å². The van der Waals surface area contributed by atoms with Crippen LogP contribution >= 0.6 is 27.3 Å². The van der Waals surface area contributed by atoms with Crippen molar-refractivity contribution in [1.82, 2.24) is 19.9 Å². The second-order valence-corrected chi connectivity index (χ2v) is 12.0. The molecule has 1 aliphatic heterocycles. The van der Waals surface area contributed by atoms with Crippen LogP contribution in [0.1, 0.15) is 37.8 Å². The Morgan fingerprint density at radius 1 is 1.24 bits per heavy atom. The van der Waals surface area contributed by atoms with E-state index in [-0.39, 0.29) is 18.4 Å². The van der Waals surface area contributed by atoms with Gasteiger partial charge in [0.25, 0.3) is 5.92 Å². The maximum absolute atomic E-state index is 14.5. The number of amides is 1. The van der Waals surface area contributed by atoms with Crippen LogP contribution < -0.4 is 10.1 Å². The standard InChI is InChI=1S/C25H27BrF3N5O3S/c1-13-18(7-6-16(26)19(13)27)36-21-20(38-14(2)31-21)17-8-9-30-22(33-17)32-15-10-25(28,29)12-34(11-15)23(35)37-24(3,4)5/h6-9,15H,10-12H2,1-5H3,(H,30,32,33)/t15-/m0/s1. The third kappa shape index (κ3) is 6.73. The van der Waals surface area contributed by atoms with Crippen molar-refractivity contribution in [2.45, 2.75) is 58.6 Å². The van der Waals surface area contributed by atoms with Crippen molar-refractivity contribution in [3.8, 4) is 22.2 Å². The van der Waals surface area contributed by atoms with Crippen LogP contribution in [0.25, 0.3) is 10.6 Å². The van der Waals surface area contributed by atoms with Gasteiger partial charge in [-0.15, -0.1) is 11.3 Å². The highest BCUT2D eigenvalue weighted by molar-refractivity contribution is 9.10. The molecule has 0 aliphatic carbocycles. The molecule has 0 unspecified atom stereocenters. The molecule has 1 N–H and O–H groups in total. The molecule has 1 aliphatic rings. The number of ether oxygens (including phenoxy) is 2. The number of anilines is 1. The first-order valence-electron chi connectivity index (χ1n) is 11.8. The summed E-state index contributed by atoms with van der Waals surface area (Å²) in [5.41, 5.74) is -0.0455. The first-order chi connectivity index (χ1) is 17.7. The number of alkyl halides is 2. The molecule has 0 radical (unpaired) electrons. The Bertz CT molecular complexity index is 1350. The van der Waals surface area contributed by atoms with E-state index in [1.807, 2.05) is 0 Å². The van der Waals surface area contributed by atoms with Gasteiger partial charge in [0.1, 0.15) is 22.0 Å². The maximum Gasteiger partial charge on any atom is 0.410 e. The number of rotatable bonds is 5. The second kappa shape index (κ2) is 10.7. The lowest BCUT2D eigenvalue weighted by atomic mass is 10.0. The summed E-state index contributed by atoms with van der Waals surface area (Å²) in [6.07, 6.45) is 0.183. The summed E-state index contributed by atoms with van der Waals surface area (Å²) in [7, 11) is 0. The molecular formula is C25H27BrF3N5O3S. The number of thiazole rings is 1. The van der Waals surface area contributed by atoms with E-state index in [2.05, 4.69) is 36.2 Å². The molecule has 204 valence electrons. The van der Waals surface area contributed by atoms with Crippen LogP contribution in [0, 0.1) is 19.7 Å². The number of carbonyl (C=O) groups excluding carboxylic acids is 1. The molecule has 13 heteroatoms. The van der Waals surface area contributed by atoms with E-state index in [9.17, 15) is 18.0 Å². The van der Waals surface area contributed by atoms with Gasteiger partial charge in [-0.1, -0.05) is 0 Å². The number of aromatic nitrogens is 3. The fourth-order valence-electron chi connectivity index (χ4n) is 3.89. The third-order valence-corrected chi connectivity index (χ3v) is 7.07. The molecule has 4 rings (SSSR count). The van der Waals surface area contributed by atoms with Crippen molar-refractivity contribution in [3.63, 3.8) is 0 Å². The van der Waals surface area contributed by atoms with Gasteiger partial charge < -0.3 is 19.7 Å². The molecule has 3 aromatic rings. The van der Waals surface area contributed by atoms with Gasteiger partial charge in [0.2, 0.25) is 11.8 Å². The molecule has 1 fully saturated rings. The van der Waals surface area contributed by atoms with Crippen molar-refractivity contribution in [3.05, 3.63) is 45.3 Å². The fraction of sp³-hybridized carbons (Fsp3) is 0.440. The van der Waals surface area contributed by atoms with Crippen LogP contribution in [0.2, 0.25) is 0 Å². The Kier molecular flexibility index (Phi) is 7.89. The zero-order valence-corrected chi connectivity index (χ0v) is 23.8. The Morgan fingerprint density at radius 2 is 1.97 bits per heavy atom. The van der Waals surface area contributed by atoms with E-state index >= 15 is 0 Å². The summed E-state index contributed by atoms with van der Waals surface area (Å²) < 4.78 is 54.9. The van der Waals surface area contributed by atoms with Gasteiger partial charge in [-0.2, -0.15) is 0 Å². The highest BCUT2D eigenvalue weighted by Crippen LogP contribution is 2.39. The Hall–Kier alpha value is -2.93. The summed E-state index contributed by atoms with van der Waals surface area (Å²) in [5.74, 6) is -2.90. The van der Waals surface area contributed by atoms with Gasteiger partial charge in [0, 0.05) is 24.7 Å². The second-order valence-electron chi connectivity index (χ2n) is 9.98. The molecular weight excluding hydrogens is 587 g/mol. The van der Waals surface area contributed by atoms with Crippen molar-refractivity contribution in [1.29, 1.82) is 0 Å². The number of nitrogens with zero attached hydrogens (tertiary/aromatic N) is 4. The number of carbonyl (C=O) groups is 1. The molecule has 1 atom stereocenters. The molecule has 8 nitrogen and oxygen atoms in total. The maximum atomic E-state index is 14.5. The summed E-state index contributed by atoms with van der Waals surface area (Å²) >= 11 is 4.47. The van der Waals surface area contributed by atoms with Crippen LogP contribution in [0.4, 0.5) is 23.9 Å². The number of benzene rings is 1. The van der Waals surface area contributed by atoms with Crippen LogP contribution in [0.5, 0.6) is 11.6 Å². The van der Waals surface area contributed by atoms with Crippen molar-refractivity contribution < 1.29 is 27.4 Å². The topological polar surface area (TPSA) is 89.5 Å². The third-order valence-electron chi connectivity index (χ3n) is 5.48. The Balaban J connectivity index is 1.55. The van der Waals surface area contributed by atoms with Gasteiger partial charge in [-0.3, -0.25) is 0 Å². The van der Waals surface area contributed by atoms with Gasteiger partial charge in [-0.05, 0) is 68.7 Å². The van der Waals surface area contributed by atoms with E-state index in [4.69, 9.17) is 9.47 Å². The highest BCUT2D eigenvalue weighted by atomic mass is 79.9. The number of aryl methyl sites for hydroxylation is 1. The summed E-state index contributed by atoms with van der Waals surface area (Å²) in [6, 6.07) is 4.01. The monoisotopic (exact) mass is 613 g/mol. The Morgan fingerprint density at radius 3 is 2.68 bits per heavy atom. The minimum Gasteiger partial charge on any atom is -0.444 e. The van der Waals surface area contributed by atoms with Crippen LogP contribution in [-0.4, -0.2) is 56.6 Å². The zero-order chi connectivity index (χ0) is 27.8. The Labute approximate surface area is 230 Å². The normalized spacial score (nSPS) is 17.3. The van der Waals surface area contributed by atoms with Crippen molar-refractivity contribution >= 4 is 39.3 Å². The molecule has 1 amide bonds. The van der Waals surface area contributed by atoms with E-state index in [0.717, 1.165) is 4.90 Å². The highest BCUT2D eigenvalue weighted by Gasteiger charge is 2.43. The van der Waals surface area contributed by atoms with Crippen LogP contribution in [0.3, 0.4) is 0 Å². The molecule has 2 aromatic heterocycles. The average molecular weight is 614 g/mol. The smallest absolute Gasteiger partial charge is 0.410 e. The van der Waals surface area contributed by atoms with Crippen molar-refractivity contribution in [2.24, 2.45) is 0 Å². The van der Waals surface area contributed by atoms with E-state index < -0.39 is 42.4 Å². The molecule has 0 saturated carbocycles. The van der Waals surface area contributed by atoms with Gasteiger partial charge in [-0.25, -0.2) is 32.9 Å². The van der Waals surface area contributed by atoms with Crippen LogP contribution in [0.15, 0.2) is 28.9 Å². The SMILES string of the molecule is Cc1nc(Oc2ccc(Br)c(F)c2C)c(-c2ccnc(N[C@@H]3CN(C(=O)OC(C)(C)C)CC(F)(F)C3)n2)s1. The number of likely N-dealkylation sites (tertiary alicyclic amines) is 1. The molecule has 1 saturated heterocycles. The van der Waals surface area contributed by atoms with E-state index in [1.54, 1.807) is 52.8 Å². The predicted octanol–water partition coefficient (Wildman–Crippen LogP) is 6.97. The number of piperidine rings is 1. The molecule has 38 heavy (non-hydrogen) atoms. The number of hydrogen-bond donors (Lipinski definition) is 1. The lowest BCUT2D eigenvalue weighted by Gasteiger charge is -2.38. The number of hydrogen-bond acceptors (Lipinski definition) is 8. The summed E-state index contributed by atoms with van der Waals surface area (Å²) in [4.78, 5) is 27.1. The molecule has 0 spiro atoms. The molecule has 3 heterocycles. The summed E-state index contributed by atoms with van der Waals surface area (Å²) in [6.45, 7) is 7.70. The summed E-state index contributed by atoms with van der Waals surface area (Å²) in [5, 5.41) is 3.62. The lowest BCUT2D eigenvalue weighted by Crippen LogP contribution is -2.54. The zero-order valence-electron chi connectivity index (χ0n) is 21.4. The lowest BCUT2D eigenvalue weighted by molar-refractivity contribution is -0.0723. The first-order valence-corrected chi connectivity index (χ1v) is 13.4. The van der Waals surface area contributed by atoms with E-state index in [1.165, 1.54) is 17.5 Å². The minimum atomic E-state index is -3.11. The number of nitrogens with one attached hydrogen (secondary N) is 1.